The van der Waals surface area contributed by atoms with E-state index in [2.05, 4.69) is 78.1 Å². The molecule has 0 spiro atoms. The first-order valence-electron chi connectivity index (χ1n) is 40.8. The number of nitrogens with zero attached hydrogens (tertiary/aromatic N) is 22. The Labute approximate surface area is 726 Å². The van der Waals surface area contributed by atoms with Gasteiger partial charge >= 0.3 is 30.4 Å². The Kier molecular flexibility index (Phi) is 31.4. The van der Waals surface area contributed by atoms with Gasteiger partial charge in [0.05, 0.1) is 64.1 Å². The predicted molar refractivity (Wildman–Crippen MR) is 467 cm³/mol. The number of halogens is 7. The number of piperazine rings is 2. The number of benzene rings is 3. The zero-order valence-electron chi connectivity index (χ0n) is 70.2. The zero-order valence-corrected chi connectivity index (χ0v) is 71.9. The van der Waals surface area contributed by atoms with Crippen molar-refractivity contribution in [3.05, 3.63) is 201 Å². The molecule has 0 radical (unpaired) electrons. The van der Waals surface area contributed by atoms with E-state index in [0.717, 1.165) is 103 Å². The van der Waals surface area contributed by atoms with Crippen molar-refractivity contribution in [2.24, 2.45) is 0 Å². The van der Waals surface area contributed by atoms with Crippen LogP contribution >= 0.6 is 25.1 Å². The number of aromatic nitrogens is 7. The average molecular weight is 1740 g/mol. The molecule has 0 N–H and O–H groups in total. The number of hydrogen-bond acceptors (Lipinski definition) is 22. The third kappa shape index (κ3) is 22.2. The molecule has 36 heteroatoms. The van der Waals surface area contributed by atoms with Crippen LogP contribution in [0.2, 0.25) is 5.02 Å². The van der Waals surface area contributed by atoms with Crippen LogP contribution in [0.5, 0.6) is 18.0 Å². The highest BCUT2D eigenvalue weighted by Crippen LogP contribution is 2.45. The molecular formula is C87H105ClF6N22O6S. The van der Waals surface area contributed by atoms with E-state index >= 15 is 0 Å². The fourth-order valence-corrected chi connectivity index (χ4v) is 17.1. The van der Waals surface area contributed by atoms with Crippen LogP contribution in [0.25, 0.3) is 25.4 Å². The largest absolute Gasteiger partial charge is 0.462 e. The summed E-state index contributed by atoms with van der Waals surface area (Å²) in [4.78, 5) is 104. The number of ether oxygens (including phenoxy) is 3. The van der Waals surface area contributed by atoms with E-state index in [0.29, 0.717) is 140 Å². The van der Waals surface area contributed by atoms with Gasteiger partial charge in [-0.15, -0.1) is 0 Å². The molecule has 4 saturated heterocycles. The van der Waals surface area contributed by atoms with E-state index in [9.17, 15) is 40.7 Å². The van der Waals surface area contributed by atoms with Crippen LogP contribution in [0.1, 0.15) is 70.6 Å². The number of hydrogen-bond donors (Lipinski definition) is 0. The van der Waals surface area contributed by atoms with Crippen molar-refractivity contribution in [3.8, 4) is 18.0 Å². The van der Waals surface area contributed by atoms with Crippen molar-refractivity contribution in [2.45, 2.75) is 107 Å². The molecule has 0 aliphatic carbocycles. The monoisotopic (exact) mass is 1730 g/mol. The van der Waals surface area contributed by atoms with Gasteiger partial charge in [0.2, 0.25) is 37.4 Å². The molecule has 0 bridgehead atoms. The van der Waals surface area contributed by atoms with Crippen LogP contribution in [-0.2, 0) is 65.6 Å². The summed E-state index contributed by atoms with van der Waals surface area (Å²) in [7, 11) is 11.7. The van der Waals surface area contributed by atoms with Crippen molar-refractivity contribution in [1.82, 2.24) is 64.3 Å². The standard InChI is InChI=1S/C31H38N8O2.C29H33ClF3N7O2.C27H32F3N7O2.H2S/c1-6-29(40)38(5)23(18-32-2)19-37(4)30-25-14-17-39(28-13-15-33-26-12-8-7-11-24(26)28)20-27(25)34-31(35-30)41-21-22-10-9-16-36(22)3;1-4-25(41)40-14-13-39(16-20(40)15-34-2)27-21-10-12-38(24-9-5-8-22(30)26(24)29(31,32)33)17-23(21)35-28(36-27)42-18-19-7-6-11-37(19)3;1-5-24(38)37-13-12-36(17-19(37)16-31-2)25-20-10-11-35(23-9-7-6-8-21(23)27(28,29)30)18-22(20)32-26(33-25)39-15-14-34(3)4;/h6-8,11-13,15,22-23H,1,9-10,14,16-21H2,3-5H3;4-5,8-9,19-20H,1,6-7,10-18H2,3H3;5-9,19H,1,10-18H2,3-4H3;1H2/t22-,23?;19-,20?;;/m00../s1. The lowest BCUT2D eigenvalue weighted by molar-refractivity contribution is -0.137. The summed E-state index contributed by atoms with van der Waals surface area (Å²) < 4.78 is 101. The summed E-state index contributed by atoms with van der Waals surface area (Å²) in [5.41, 5.74) is 5.54. The average Bonchev–Trinajstić information content (AvgIpc) is 0.954. The number of likely N-dealkylation sites (N-methyl/N-ethyl adjacent to an activating group) is 5. The van der Waals surface area contributed by atoms with Crippen LogP contribution in [0.3, 0.4) is 0 Å². The van der Waals surface area contributed by atoms with Gasteiger partial charge in [-0.1, -0.05) is 67.7 Å². The Balaban J connectivity index is 0.000000179. The maximum absolute atomic E-state index is 14.0. The molecule has 654 valence electrons. The van der Waals surface area contributed by atoms with Gasteiger partial charge in [-0.25, -0.2) is 19.7 Å². The van der Waals surface area contributed by atoms with Crippen molar-refractivity contribution in [1.29, 1.82) is 0 Å². The number of carbonyl (C=O) groups excluding carboxylic acids is 3. The normalized spacial score (nSPS) is 18.6. The van der Waals surface area contributed by atoms with Crippen LogP contribution in [0, 0.1) is 19.7 Å². The molecule has 5 atom stereocenters. The van der Waals surface area contributed by atoms with E-state index in [1.807, 2.05) is 72.2 Å². The number of carbonyl (C=O) groups is 3. The van der Waals surface area contributed by atoms with Gasteiger partial charge in [-0.3, -0.25) is 19.4 Å². The topological polar surface area (TPSA) is 221 Å². The molecule has 14 rings (SSSR count). The third-order valence-corrected chi connectivity index (χ3v) is 23.7. The molecule has 4 fully saturated rings. The summed E-state index contributed by atoms with van der Waals surface area (Å²) in [6, 6.07) is 20.2. The van der Waals surface area contributed by atoms with E-state index < -0.39 is 23.5 Å². The Bertz CT molecular complexity index is 5070. The van der Waals surface area contributed by atoms with Gasteiger partial charge in [-0.05, 0) is 141 Å². The molecule has 0 saturated carbocycles. The first-order valence-corrected chi connectivity index (χ1v) is 41.2. The minimum absolute atomic E-state index is 0. The molecule has 3 unspecified atom stereocenters. The first-order chi connectivity index (χ1) is 58.6. The molecule has 3 aromatic carbocycles. The second-order valence-corrected chi connectivity index (χ2v) is 31.9. The molecule has 7 aliphatic heterocycles. The number of anilines is 6. The van der Waals surface area contributed by atoms with E-state index in [1.54, 1.807) is 37.6 Å². The molecule has 28 nitrogen and oxygen atoms in total. The van der Waals surface area contributed by atoms with Gasteiger partial charge in [0.25, 0.3) is 0 Å². The Morgan fingerprint density at radius 2 is 1.07 bits per heavy atom. The summed E-state index contributed by atoms with van der Waals surface area (Å²) in [5, 5.41) is 0.763. The van der Waals surface area contributed by atoms with Gasteiger partial charge in [-0.2, -0.15) is 69.7 Å². The fraction of sp³-hybridized carbons (Fsp3) is 0.483. The van der Waals surface area contributed by atoms with Crippen molar-refractivity contribution >= 4 is 88.2 Å². The van der Waals surface area contributed by atoms with Crippen LogP contribution < -0.4 is 43.6 Å². The molecule has 4 aromatic heterocycles. The SMILES string of the molecule is S.[C-]#[N+]CC(CN(C)c1nc(OC[C@@H]2CCCN2C)nc2c1CCN(c1ccnc3ccccc13)C2)N(C)C(=O)C=C.[C-]#[N+]CC1CN(c2nc(OCCN(C)C)nc3c2CCN(c2ccccc2C(F)(F)F)C3)CCN1C(=O)C=C.[C-]#[N+]CC1CN(c2nc(OC[C@@H]3CCCN3C)nc3c2CCN(c2cccc(Cl)c2C(F)(F)F)C3)CCN1C(=O)C=C. The summed E-state index contributed by atoms with van der Waals surface area (Å²) in [6.45, 7) is 42.8. The number of alkyl halides is 6. The summed E-state index contributed by atoms with van der Waals surface area (Å²) >= 11 is 6.03. The van der Waals surface area contributed by atoms with Crippen molar-refractivity contribution in [3.63, 3.8) is 0 Å². The molecule has 123 heavy (non-hydrogen) atoms. The maximum Gasteiger partial charge on any atom is 0.419 e. The van der Waals surface area contributed by atoms with Gasteiger partial charge in [0.1, 0.15) is 55.4 Å². The number of likely N-dealkylation sites (tertiary alicyclic amines) is 2. The van der Waals surface area contributed by atoms with Crippen LogP contribution in [-0.4, -0.2) is 279 Å². The molecule has 11 heterocycles. The Hall–Kier alpha value is -11.3. The molecule has 7 aliphatic rings. The number of amides is 3. The van der Waals surface area contributed by atoms with Gasteiger partial charge in [0.15, 0.2) is 0 Å². The second kappa shape index (κ2) is 41.7. The zero-order chi connectivity index (χ0) is 87.1. The van der Waals surface area contributed by atoms with Crippen LogP contribution in [0.15, 0.2) is 117 Å². The Morgan fingerprint density at radius 1 is 0.569 bits per heavy atom. The molecule has 7 aromatic rings. The number of para-hydroxylation sites is 2. The fourth-order valence-electron chi connectivity index (χ4n) is 16.8. The maximum atomic E-state index is 14.0. The first kappa shape index (κ1) is 92.4. The highest BCUT2D eigenvalue weighted by Gasteiger charge is 2.43. The second-order valence-electron chi connectivity index (χ2n) is 31.5. The highest BCUT2D eigenvalue weighted by molar-refractivity contribution is 7.59. The lowest BCUT2D eigenvalue weighted by Gasteiger charge is -2.41. The van der Waals surface area contributed by atoms with E-state index in [1.165, 1.54) is 48.6 Å². The number of pyridine rings is 1. The molecule has 3 amide bonds. The van der Waals surface area contributed by atoms with E-state index in [-0.39, 0.29) is 117 Å². The molecular weight excluding hydrogens is 1630 g/mol. The quantitative estimate of drug-likeness (QED) is 0.0295. The minimum Gasteiger partial charge on any atom is -0.462 e. The van der Waals surface area contributed by atoms with Crippen molar-refractivity contribution < 1.29 is 54.9 Å². The third-order valence-electron chi connectivity index (χ3n) is 23.4. The minimum atomic E-state index is -4.62. The van der Waals surface area contributed by atoms with Crippen LogP contribution in [0.4, 0.5) is 60.9 Å². The summed E-state index contributed by atoms with van der Waals surface area (Å²) in [6.07, 6.45) is 2.48. The van der Waals surface area contributed by atoms with Gasteiger partial charge < -0.3 is 87.5 Å². The predicted octanol–water partition coefficient (Wildman–Crippen LogP) is 11.0. The van der Waals surface area contributed by atoms with Gasteiger partial charge in [0, 0.05) is 138 Å². The number of rotatable bonds is 25. The summed E-state index contributed by atoms with van der Waals surface area (Å²) in [5.74, 6) is 1.41. The van der Waals surface area contributed by atoms with E-state index in [4.69, 9.17) is 70.4 Å². The lowest BCUT2D eigenvalue weighted by Crippen LogP contribution is -2.56. The highest BCUT2D eigenvalue weighted by atomic mass is 35.5. The lowest BCUT2D eigenvalue weighted by atomic mass is 10.0. The van der Waals surface area contributed by atoms with Crippen molar-refractivity contribution in [2.75, 3.05) is 196 Å². The Morgan fingerprint density at radius 3 is 1.59 bits per heavy atom. The smallest absolute Gasteiger partial charge is 0.419 e. The number of fused-ring (bicyclic) bond motifs is 4.